The topological polar surface area (TPSA) is 32.3 Å². The zero-order valence-electron chi connectivity index (χ0n) is 13.6. The number of nitrogens with zero attached hydrogens (tertiary/aromatic N) is 1. The van der Waals surface area contributed by atoms with Crippen LogP contribution in [-0.2, 0) is 11.3 Å². The number of nitrogens with one attached hydrogen (secondary N) is 1. The van der Waals surface area contributed by atoms with Crippen molar-refractivity contribution in [2.24, 2.45) is 5.92 Å². The largest absolute Gasteiger partial charge is 0.326 e. The van der Waals surface area contributed by atoms with E-state index in [9.17, 15) is 9.18 Å². The maximum atomic E-state index is 13.0. The molecule has 1 saturated heterocycles. The summed E-state index contributed by atoms with van der Waals surface area (Å²) in [7, 11) is 0. The first-order chi connectivity index (χ1) is 12.0. The monoisotopic (exact) mass is 380 g/mol. The van der Waals surface area contributed by atoms with E-state index in [0.717, 1.165) is 31.5 Å². The van der Waals surface area contributed by atoms with E-state index in [2.05, 4.69) is 10.2 Å². The van der Waals surface area contributed by atoms with Gasteiger partial charge in [0.15, 0.2) is 0 Å². The predicted octanol–water partition coefficient (Wildman–Crippen LogP) is 4.98. The molecule has 3 nitrogen and oxygen atoms in total. The molecule has 2 aromatic rings. The Balaban J connectivity index is 1.59. The van der Waals surface area contributed by atoms with Crippen LogP contribution in [0, 0.1) is 11.7 Å². The standard InChI is InChI=1S/C19H19Cl2FN2O/c20-17-8-7-16(10-18(17)21)23-19(25)14-2-1-9-24(12-14)11-13-3-5-15(22)6-4-13/h3-8,10,14H,1-2,9,11-12H2,(H,23,25)/t14-/m0/s1. The molecular formula is C19H19Cl2FN2O. The van der Waals surface area contributed by atoms with Gasteiger partial charge in [-0.1, -0.05) is 35.3 Å². The van der Waals surface area contributed by atoms with Gasteiger partial charge in [0.05, 0.1) is 16.0 Å². The summed E-state index contributed by atoms with van der Waals surface area (Å²) in [5.41, 5.74) is 1.70. The van der Waals surface area contributed by atoms with Gasteiger partial charge in [-0.15, -0.1) is 0 Å². The Kier molecular flexibility index (Phi) is 5.94. The van der Waals surface area contributed by atoms with E-state index in [4.69, 9.17) is 23.2 Å². The lowest BCUT2D eigenvalue weighted by Gasteiger charge is -2.32. The van der Waals surface area contributed by atoms with E-state index in [1.807, 2.05) is 0 Å². The maximum absolute atomic E-state index is 13.0. The number of benzene rings is 2. The van der Waals surface area contributed by atoms with Crippen LogP contribution in [0.4, 0.5) is 10.1 Å². The fraction of sp³-hybridized carbons (Fsp3) is 0.316. The molecule has 3 rings (SSSR count). The Morgan fingerprint density at radius 3 is 2.64 bits per heavy atom. The van der Waals surface area contributed by atoms with Crippen molar-refractivity contribution >= 4 is 34.8 Å². The third-order valence-electron chi connectivity index (χ3n) is 4.38. The van der Waals surface area contributed by atoms with Crippen LogP contribution < -0.4 is 5.32 Å². The Labute approximate surface area is 156 Å². The fourth-order valence-corrected chi connectivity index (χ4v) is 3.38. The quantitative estimate of drug-likeness (QED) is 0.810. The van der Waals surface area contributed by atoms with Crippen LogP contribution in [0.1, 0.15) is 18.4 Å². The van der Waals surface area contributed by atoms with E-state index in [1.54, 1.807) is 30.3 Å². The van der Waals surface area contributed by atoms with Crippen molar-refractivity contribution < 1.29 is 9.18 Å². The van der Waals surface area contributed by atoms with E-state index < -0.39 is 0 Å². The highest BCUT2D eigenvalue weighted by Gasteiger charge is 2.26. The van der Waals surface area contributed by atoms with Gasteiger partial charge in [0, 0.05) is 18.8 Å². The Bertz CT molecular complexity index is 752. The molecule has 0 spiro atoms. The van der Waals surface area contributed by atoms with Gasteiger partial charge in [-0.2, -0.15) is 0 Å². The molecule has 0 aliphatic carbocycles. The van der Waals surface area contributed by atoms with Crippen molar-refractivity contribution in [1.82, 2.24) is 4.90 Å². The number of carbonyl (C=O) groups excluding carboxylic acids is 1. The highest BCUT2D eigenvalue weighted by molar-refractivity contribution is 6.42. The SMILES string of the molecule is O=C(Nc1ccc(Cl)c(Cl)c1)[C@H]1CCCN(Cc2ccc(F)cc2)C1. The number of rotatable bonds is 4. The summed E-state index contributed by atoms with van der Waals surface area (Å²) in [5, 5.41) is 3.79. The lowest BCUT2D eigenvalue weighted by atomic mass is 9.96. The Morgan fingerprint density at radius 2 is 1.92 bits per heavy atom. The summed E-state index contributed by atoms with van der Waals surface area (Å²) in [6.45, 7) is 2.34. The van der Waals surface area contributed by atoms with Crippen LogP contribution in [0.5, 0.6) is 0 Å². The summed E-state index contributed by atoms with van der Waals surface area (Å²) < 4.78 is 13.0. The second kappa shape index (κ2) is 8.17. The lowest BCUT2D eigenvalue weighted by molar-refractivity contribution is -0.121. The van der Waals surface area contributed by atoms with E-state index in [0.29, 0.717) is 22.3 Å². The Morgan fingerprint density at radius 1 is 1.16 bits per heavy atom. The van der Waals surface area contributed by atoms with Crippen LogP contribution in [0.25, 0.3) is 0 Å². The zero-order valence-corrected chi connectivity index (χ0v) is 15.2. The summed E-state index contributed by atoms with van der Waals surface area (Å²) in [6, 6.07) is 11.6. The van der Waals surface area contributed by atoms with Crippen molar-refractivity contribution in [3.05, 3.63) is 63.9 Å². The van der Waals surface area contributed by atoms with E-state index >= 15 is 0 Å². The minimum absolute atomic E-state index is 0.0119. The first kappa shape index (κ1) is 18.2. The summed E-state index contributed by atoms with van der Waals surface area (Å²) in [4.78, 5) is 14.8. The lowest BCUT2D eigenvalue weighted by Crippen LogP contribution is -2.40. The second-order valence-corrected chi connectivity index (χ2v) is 7.13. The molecule has 1 heterocycles. The molecule has 1 fully saturated rings. The van der Waals surface area contributed by atoms with E-state index in [-0.39, 0.29) is 17.6 Å². The van der Waals surface area contributed by atoms with Crippen LogP contribution in [0.15, 0.2) is 42.5 Å². The minimum Gasteiger partial charge on any atom is -0.326 e. The van der Waals surface area contributed by atoms with Gasteiger partial charge in [-0.3, -0.25) is 9.69 Å². The average Bonchev–Trinajstić information content (AvgIpc) is 2.60. The van der Waals surface area contributed by atoms with Crippen molar-refractivity contribution in [1.29, 1.82) is 0 Å². The smallest absolute Gasteiger partial charge is 0.228 e. The number of carbonyl (C=O) groups is 1. The molecular weight excluding hydrogens is 362 g/mol. The molecule has 0 aromatic heterocycles. The second-order valence-electron chi connectivity index (χ2n) is 6.32. The third-order valence-corrected chi connectivity index (χ3v) is 5.12. The summed E-state index contributed by atoms with van der Waals surface area (Å²) >= 11 is 11.9. The molecule has 6 heteroatoms. The van der Waals surface area contributed by atoms with Gasteiger partial charge in [0.2, 0.25) is 5.91 Å². The van der Waals surface area contributed by atoms with Crippen LogP contribution in [0.2, 0.25) is 10.0 Å². The molecule has 1 amide bonds. The first-order valence-electron chi connectivity index (χ1n) is 8.24. The normalized spacial score (nSPS) is 18.1. The Hall–Kier alpha value is -1.62. The van der Waals surface area contributed by atoms with Crippen LogP contribution >= 0.6 is 23.2 Å². The van der Waals surface area contributed by atoms with Crippen molar-refractivity contribution in [3.63, 3.8) is 0 Å². The number of amides is 1. The third kappa shape index (κ3) is 4.94. The highest BCUT2D eigenvalue weighted by Crippen LogP contribution is 2.26. The minimum atomic E-state index is -0.235. The summed E-state index contributed by atoms with van der Waals surface area (Å²) in [6.07, 6.45) is 1.81. The number of hydrogen-bond donors (Lipinski definition) is 1. The molecule has 2 aromatic carbocycles. The number of likely N-dealkylation sites (tertiary alicyclic amines) is 1. The van der Waals surface area contributed by atoms with Crippen LogP contribution in [-0.4, -0.2) is 23.9 Å². The molecule has 0 bridgehead atoms. The van der Waals surface area contributed by atoms with Crippen molar-refractivity contribution in [2.75, 3.05) is 18.4 Å². The van der Waals surface area contributed by atoms with Crippen LogP contribution in [0.3, 0.4) is 0 Å². The molecule has 1 N–H and O–H groups in total. The molecule has 1 aliphatic rings. The molecule has 0 unspecified atom stereocenters. The zero-order chi connectivity index (χ0) is 17.8. The molecule has 1 aliphatic heterocycles. The predicted molar refractivity (Wildman–Crippen MR) is 99.5 cm³/mol. The van der Waals surface area contributed by atoms with Gasteiger partial charge in [0.1, 0.15) is 5.82 Å². The summed E-state index contributed by atoms with van der Waals surface area (Å²) in [5.74, 6) is -0.327. The van der Waals surface area contributed by atoms with Crippen molar-refractivity contribution in [3.8, 4) is 0 Å². The number of piperidine rings is 1. The van der Waals surface area contributed by atoms with Gasteiger partial charge < -0.3 is 5.32 Å². The van der Waals surface area contributed by atoms with Gasteiger partial charge in [-0.05, 0) is 55.3 Å². The molecule has 25 heavy (non-hydrogen) atoms. The molecule has 0 saturated carbocycles. The number of anilines is 1. The molecule has 132 valence electrons. The number of halogens is 3. The van der Waals surface area contributed by atoms with E-state index in [1.165, 1.54) is 12.1 Å². The fourth-order valence-electron chi connectivity index (χ4n) is 3.08. The molecule has 1 atom stereocenters. The van der Waals surface area contributed by atoms with Gasteiger partial charge >= 0.3 is 0 Å². The average molecular weight is 381 g/mol. The first-order valence-corrected chi connectivity index (χ1v) is 8.99. The van der Waals surface area contributed by atoms with Gasteiger partial charge in [0.25, 0.3) is 0 Å². The molecule has 0 radical (unpaired) electrons. The van der Waals surface area contributed by atoms with Gasteiger partial charge in [-0.25, -0.2) is 4.39 Å². The highest BCUT2D eigenvalue weighted by atomic mass is 35.5. The van der Waals surface area contributed by atoms with Crippen molar-refractivity contribution in [2.45, 2.75) is 19.4 Å². The number of hydrogen-bond acceptors (Lipinski definition) is 2. The maximum Gasteiger partial charge on any atom is 0.228 e.